The number of aliphatic imine (C=N–C) groups is 1. The van der Waals surface area contributed by atoms with E-state index in [2.05, 4.69) is 15.1 Å². The summed E-state index contributed by atoms with van der Waals surface area (Å²) in [6.45, 7) is 4.32. The first-order valence-corrected chi connectivity index (χ1v) is 14.4. The number of hydrogen-bond donors (Lipinski definition) is 2. The number of piperazine rings is 1. The number of fused-ring (bicyclic) bond motifs is 3. The first-order valence-electron chi connectivity index (χ1n) is 14.4. The average Bonchev–Trinajstić information content (AvgIpc) is 3.20. The van der Waals surface area contributed by atoms with Crippen molar-refractivity contribution >= 4 is 11.8 Å². The number of nitrogens with zero attached hydrogens (tertiary/aromatic N) is 3. The molecule has 34 heavy (non-hydrogen) atoms. The van der Waals surface area contributed by atoms with E-state index in [1.54, 1.807) is 0 Å². The number of rotatable bonds is 3. The zero-order chi connectivity index (χ0) is 23.1. The molecule has 0 amide bonds. The fraction of sp³-hybridized carbons (Fsp3) is 0.926. The molecule has 6 rings (SSSR count). The number of amidine groups is 1. The molecule has 3 saturated carbocycles. The van der Waals surface area contributed by atoms with Gasteiger partial charge in [-0.15, -0.1) is 0 Å². The Balaban J connectivity index is 1.17. The van der Waals surface area contributed by atoms with Crippen LogP contribution in [0.15, 0.2) is 4.99 Å². The van der Waals surface area contributed by atoms with E-state index >= 15 is 0 Å². The number of aliphatic carboxylic acids is 1. The monoisotopic (exact) mass is 472 g/mol. The van der Waals surface area contributed by atoms with Crippen molar-refractivity contribution in [3.8, 4) is 0 Å². The maximum atomic E-state index is 12.5. The number of hydrogen-bond acceptors (Lipinski definition) is 6. The Morgan fingerprint density at radius 2 is 1.62 bits per heavy atom. The third kappa shape index (κ3) is 4.41. The van der Waals surface area contributed by atoms with E-state index in [0.717, 1.165) is 45.6 Å². The second-order valence-corrected chi connectivity index (χ2v) is 11.9. The van der Waals surface area contributed by atoms with Gasteiger partial charge in [0.15, 0.2) is 0 Å². The van der Waals surface area contributed by atoms with Gasteiger partial charge in [-0.25, -0.2) is 0 Å². The number of carboxylic acid groups (broad SMARTS) is 1. The molecule has 3 aliphatic heterocycles. The predicted octanol–water partition coefficient (Wildman–Crippen LogP) is 3.13. The van der Waals surface area contributed by atoms with Crippen molar-refractivity contribution in [1.82, 2.24) is 15.1 Å². The molecule has 7 heteroatoms. The van der Waals surface area contributed by atoms with Gasteiger partial charge < -0.3 is 20.1 Å². The Bertz CT molecular complexity index is 767. The van der Waals surface area contributed by atoms with Gasteiger partial charge in [-0.1, -0.05) is 38.5 Å². The van der Waals surface area contributed by atoms with E-state index in [9.17, 15) is 9.90 Å². The van der Waals surface area contributed by atoms with Crippen LogP contribution in [0.25, 0.3) is 0 Å². The van der Waals surface area contributed by atoms with Gasteiger partial charge >= 0.3 is 5.97 Å². The number of ether oxygens (including phenoxy) is 1. The molecule has 2 saturated heterocycles. The molecule has 0 bridgehead atoms. The predicted molar refractivity (Wildman–Crippen MR) is 132 cm³/mol. The first-order chi connectivity index (χ1) is 16.7. The van der Waals surface area contributed by atoms with Gasteiger partial charge in [-0.3, -0.25) is 14.7 Å². The molecule has 0 aromatic carbocycles. The van der Waals surface area contributed by atoms with Crippen molar-refractivity contribution < 1.29 is 14.6 Å². The van der Waals surface area contributed by atoms with Crippen molar-refractivity contribution in [3.63, 3.8) is 0 Å². The summed E-state index contributed by atoms with van der Waals surface area (Å²) in [5, 5.41) is 14.0. The maximum Gasteiger partial charge on any atom is 0.321 e. The molecular weight excluding hydrogens is 428 g/mol. The smallest absolute Gasteiger partial charge is 0.321 e. The van der Waals surface area contributed by atoms with Crippen LogP contribution in [0.2, 0.25) is 0 Å². The fourth-order valence-corrected chi connectivity index (χ4v) is 8.29. The lowest BCUT2D eigenvalue weighted by molar-refractivity contribution is -0.146. The zero-order valence-corrected chi connectivity index (χ0v) is 20.7. The molecule has 5 fully saturated rings. The Morgan fingerprint density at radius 3 is 2.44 bits per heavy atom. The standard InChI is InChI=1S/C27H44N4O3/c32-27(33)25(20-17-28-21-9-3-1-7-18(20)21)30-13-15-31(16-14-30)26-19-8-2-5-11-23(19)34-24-12-6-4-10-22(24)29-26/h18-25,28H,1-17H2,(H,32,33). The van der Waals surface area contributed by atoms with Crippen molar-refractivity contribution in [2.24, 2.45) is 22.7 Å². The number of nitrogens with one attached hydrogen (secondary N) is 1. The Labute approximate surface area is 204 Å². The fourth-order valence-electron chi connectivity index (χ4n) is 8.29. The molecule has 0 aromatic rings. The zero-order valence-electron chi connectivity index (χ0n) is 20.7. The summed E-state index contributed by atoms with van der Waals surface area (Å²) < 4.78 is 6.71. The van der Waals surface area contributed by atoms with Gasteiger partial charge in [-0.05, 0) is 44.4 Å². The third-order valence-electron chi connectivity index (χ3n) is 10.0. The van der Waals surface area contributed by atoms with E-state index in [0.29, 0.717) is 36.1 Å². The molecule has 8 atom stereocenters. The molecule has 2 N–H and O–H groups in total. The van der Waals surface area contributed by atoms with Crippen LogP contribution in [0, 0.1) is 17.8 Å². The summed E-state index contributed by atoms with van der Waals surface area (Å²) in [5.41, 5.74) is 0. The van der Waals surface area contributed by atoms with E-state index in [1.165, 1.54) is 70.0 Å². The number of carboxylic acids is 1. The molecule has 3 aliphatic carbocycles. The summed E-state index contributed by atoms with van der Waals surface area (Å²) in [6.07, 6.45) is 15.4. The molecule has 8 unspecified atom stereocenters. The second kappa shape index (κ2) is 10.1. The lowest BCUT2D eigenvalue weighted by Gasteiger charge is -2.44. The average molecular weight is 473 g/mol. The summed E-state index contributed by atoms with van der Waals surface area (Å²) >= 11 is 0. The van der Waals surface area contributed by atoms with Gasteiger partial charge in [0.2, 0.25) is 0 Å². The molecule has 190 valence electrons. The largest absolute Gasteiger partial charge is 0.480 e. The lowest BCUT2D eigenvalue weighted by atomic mass is 9.76. The highest BCUT2D eigenvalue weighted by Crippen LogP contribution is 2.39. The van der Waals surface area contributed by atoms with Crippen molar-refractivity contribution in [1.29, 1.82) is 0 Å². The molecule has 0 spiro atoms. The number of carbonyl (C=O) groups is 1. The molecule has 0 aromatic heterocycles. The van der Waals surface area contributed by atoms with Gasteiger partial charge in [0.1, 0.15) is 11.9 Å². The maximum absolute atomic E-state index is 12.5. The van der Waals surface area contributed by atoms with Crippen molar-refractivity contribution in [2.45, 2.75) is 107 Å². The van der Waals surface area contributed by atoms with Crippen LogP contribution >= 0.6 is 0 Å². The Kier molecular flexibility index (Phi) is 6.87. The highest BCUT2D eigenvalue weighted by atomic mass is 16.5. The minimum Gasteiger partial charge on any atom is -0.480 e. The minimum absolute atomic E-state index is 0.240. The quantitative estimate of drug-likeness (QED) is 0.657. The van der Waals surface area contributed by atoms with Crippen LogP contribution in [0.4, 0.5) is 0 Å². The normalized spacial score (nSPS) is 42.1. The lowest BCUT2D eigenvalue weighted by Crippen LogP contribution is -2.58. The van der Waals surface area contributed by atoms with Gasteiger partial charge in [0.25, 0.3) is 0 Å². The van der Waals surface area contributed by atoms with Crippen LogP contribution in [0.5, 0.6) is 0 Å². The Hall–Kier alpha value is -1.18. The first kappa shape index (κ1) is 23.2. The van der Waals surface area contributed by atoms with Crippen molar-refractivity contribution in [2.75, 3.05) is 32.7 Å². The topological polar surface area (TPSA) is 77.4 Å². The van der Waals surface area contributed by atoms with Crippen LogP contribution in [0.3, 0.4) is 0 Å². The minimum atomic E-state index is -0.621. The molecule has 3 heterocycles. The summed E-state index contributed by atoms with van der Waals surface area (Å²) in [7, 11) is 0. The van der Waals surface area contributed by atoms with Crippen LogP contribution < -0.4 is 5.32 Å². The third-order valence-corrected chi connectivity index (χ3v) is 10.0. The summed E-state index contributed by atoms with van der Waals surface area (Å²) in [6, 6.07) is 0.508. The summed E-state index contributed by atoms with van der Waals surface area (Å²) in [5.74, 6) is 1.89. The Morgan fingerprint density at radius 1 is 0.912 bits per heavy atom. The molecule has 7 nitrogen and oxygen atoms in total. The highest BCUT2D eigenvalue weighted by Gasteiger charge is 2.47. The van der Waals surface area contributed by atoms with Crippen LogP contribution in [-0.2, 0) is 9.53 Å². The molecular formula is C27H44N4O3. The van der Waals surface area contributed by atoms with Crippen LogP contribution in [0.1, 0.15) is 77.0 Å². The van der Waals surface area contributed by atoms with Crippen molar-refractivity contribution in [3.05, 3.63) is 0 Å². The van der Waals surface area contributed by atoms with E-state index in [4.69, 9.17) is 9.73 Å². The van der Waals surface area contributed by atoms with Gasteiger partial charge in [0, 0.05) is 50.6 Å². The molecule has 6 aliphatic rings. The van der Waals surface area contributed by atoms with Gasteiger partial charge in [0.05, 0.1) is 18.2 Å². The highest BCUT2D eigenvalue weighted by molar-refractivity contribution is 5.86. The summed E-state index contributed by atoms with van der Waals surface area (Å²) in [4.78, 5) is 22.7. The van der Waals surface area contributed by atoms with Crippen LogP contribution in [-0.4, -0.2) is 89.8 Å². The second-order valence-electron chi connectivity index (χ2n) is 11.9. The SMILES string of the molecule is O=C(O)C(C1CNC2CCCCC21)N1CCN(C2=NC3CCCCC3OC3CCCCC23)CC1. The molecule has 0 radical (unpaired) electrons. The van der Waals surface area contributed by atoms with E-state index in [1.807, 2.05) is 0 Å². The van der Waals surface area contributed by atoms with E-state index in [-0.39, 0.29) is 12.0 Å². The van der Waals surface area contributed by atoms with Gasteiger partial charge in [-0.2, -0.15) is 0 Å². The van der Waals surface area contributed by atoms with E-state index < -0.39 is 5.97 Å².